The summed E-state index contributed by atoms with van der Waals surface area (Å²) in [7, 11) is 0. The number of hydrogen-bond acceptors (Lipinski definition) is 3. The maximum Gasteiger partial charge on any atom is 0.269 e. The number of halogens is 1. The molecule has 4 nitrogen and oxygen atoms in total. The van der Waals surface area contributed by atoms with Crippen molar-refractivity contribution in [1.82, 2.24) is 0 Å². The topological polar surface area (TPSA) is 69.2 Å². The largest absolute Gasteiger partial charge is 0.324 e. The molecule has 0 aliphatic carbocycles. The van der Waals surface area contributed by atoms with Gasteiger partial charge in [0.1, 0.15) is 5.82 Å². The van der Waals surface area contributed by atoms with Crippen LogP contribution in [-0.4, -0.2) is 4.92 Å². The van der Waals surface area contributed by atoms with Gasteiger partial charge in [-0.05, 0) is 13.0 Å². The average molecular weight is 184 g/mol. The molecule has 1 unspecified atom stereocenters. The fourth-order valence-electron chi connectivity index (χ4n) is 0.994. The molecular formula is C8H9FN2O2. The number of nitro groups is 1. The first kappa shape index (κ1) is 9.60. The fourth-order valence-corrected chi connectivity index (χ4v) is 0.994. The third kappa shape index (κ3) is 2.00. The van der Waals surface area contributed by atoms with Gasteiger partial charge in [0.2, 0.25) is 0 Å². The molecule has 0 heterocycles. The van der Waals surface area contributed by atoms with Crippen molar-refractivity contribution in [3.8, 4) is 0 Å². The second-order valence-electron chi connectivity index (χ2n) is 2.75. The van der Waals surface area contributed by atoms with Gasteiger partial charge in [0.05, 0.1) is 4.92 Å². The van der Waals surface area contributed by atoms with Crippen LogP contribution in [0.25, 0.3) is 0 Å². The summed E-state index contributed by atoms with van der Waals surface area (Å²) < 4.78 is 13.0. The predicted octanol–water partition coefficient (Wildman–Crippen LogP) is 1.75. The molecule has 0 bridgehead atoms. The first-order valence-electron chi connectivity index (χ1n) is 3.72. The molecular weight excluding hydrogens is 175 g/mol. The molecule has 0 aliphatic heterocycles. The Morgan fingerprint density at radius 1 is 1.62 bits per heavy atom. The van der Waals surface area contributed by atoms with Crippen LogP contribution in [0.5, 0.6) is 0 Å². The Balaban J connectivity index is 3.19. The highest BCUT2D eigenvalue weighted by Crippen LogP contribution is 2.20. The van der Waals surface area contributed by atoms with E-state index in [4.69, 9.17) is 5.73 Å². The molecule has 0 radical (unpaired) electrons. The highest BCUT2D eigenvalue weighted by molar-refractivity contribution is 5.36. The second kappa shape index (κ2) is 3.49. The second-order valence-corrected chi connectivity index (χ2v) is 2.75. The van der Waals surface area contributed by atoms with Gasteiger partial charge < -0.3 is 5.73 Å². The highest BCUT2D eigenvalue weighted by Gasteiger charge is 2.12. The summed E-state index contributed by atoms with van der Waals surface area (Å²) >= 11 is 0. The van der Waals surface area contributed by atoms with Gasteiger partial charge in [-0.15, -0.1) is 0 Å². The van der Waals surface area contributed by atoms with E-state index in [2.05, 4.69) is 0 Å². The van der Waals surface area contributed by atoms with Crippen molar-refractivity contribution < 1.29 is 9.31 Å². The van der Waals surface area contributed by atoms with Crippen molar-refractivity contribution in [3.05, 3.63) is 39.7 Å². The van der Waals surface area contributed by atoms with Crippen molar-refractivity contribution in [2.75, 3.05) is 0 Å². The zero-order valence-corrected chi connectivity index (χ0v) is 7.03. The normalized spacial score (nSPS) is 12.5. The molecule has 0 saturated heterocycles. The van der Waals surface area contributed by atoms with E-state index in [0.29, 0.717) is 0 Å². The maximum atomic E-state index is 13.0. The molecule has 0 aromatic heterocycles. The van der Waals surface area contributed by atoms with Crippen molar-refractivity contribution in [2.24, 2.45) is 5.73 Å². The van der Waals surface area contributed by atoms with Crippen LogP contribution in [0.15, 0.2) is 18.2 Å². The minimum atomic E-state index is -0.578. The van der Waals surface area contributed by atoms with E-state index >= 15 is 0 Å². The lowest BCUT2D eigenvalue weighted by Gasteiger charge is -2.05. The summed E-state index contributed by atoms with van der Waals surface area (Å²) in [5.41, 5.74) is 5.44. The summed E-state index contributed by atoms with van der Waals surface area (Å²) in [5, 5.41) is 10.3. The lowest BCUT2D eigenvalue weighted by atomic mass is 10.1. The van der Waals surface area contributed by atoms with E-state index in [0.717, 1.165) is 18.2 Å². The van der Waals surface area contributed by atoms with Crippen LogP contribution in [0.4, 0.5) is 10.1 Å². The van der Waals surface area contributed by atoms with Crippen molar-refractivity contribution in [3.63, 3.8) is 0 Å². The van der Waals surface area contributed by atoms with E-state index in [1.165, 1.54) is 0 Å². The molecule has 1 rings (SSSR count). The van der Waals surface area contributed by atoms with Crippen molar-refractivity contribution in [2.45, 2.75) is 13.0 Å². The van der Waals surface area contributed by atoms with Gasteiger partial charge in [-0.1, -0.05) is 0 Å². The molecule has 0 fully saturated rings. The first-order valence-corrected chi connectivity index (χ1v) is 3.72. The van der Waals surface area contributed by atoms with Gasteiger partial charge >= 0.3 is 0 Å². The number of rotatable bonds is 2. The summed E-state index contributed by atoms with van der Waals surface area (Å²) in [4.78, 5) is 9.75. The Hall–Kier alpha value is -1.49. The minimum Gasteiger partial charge on any atom is -0.324 e. The Labute approximate surface area is 74.3 Å². The van der Waals surface area contributed by atoms with Gasteiger partial charge in [-0.2, -0.15) is 0 Å². The molecule has 1 atom stereocenters. The molecule has 1 aromatic carbocycles. The van der Waals surface area contributed by atoms with Gasteiger partial charge in [0, 0.05) is 23.7 Å². The van der Waals surface area contributed by atoms with Crippen LogP contribution >= 0.6 is 0 Å². The summed E-state index contributed by atoms with van der Waals surface area (Å²) in [6.07, 6.45) is 0. The Kier molecular flexibility index (Phi) is 2.57. The molecule has 0 saturated carbocycles. The smallest absolute Gasteiger partial charge is 0.269 e. The maximum absolute atomic E-state index is 13.0. The summed E-state index contributed by atoms with van der Waals surface area (Å²) in [6, 6.07) is 2.78. The third-order valence-electron chi connectivity index (χ3n) is 1.68. The molecule has 13 heavy (non-hydrogen) atoms. The van der Waals surface area contributed by atoms with Crippen molar-refractivity contribution in [1.29, 1.82) is 0 Å². The molecule has 0 amide bonds. The minimum absolute atomic E-state index is 0.145. The summed E-state index contributed by atoms with van der Waals surface area (Å²) in [5.74, 6) is -0.513. The van der Waals surface area contributed by atoms with E-state index < -0.39 is 16.8 Å². The monoisotopic (exact) mass is 184 g/mol. The predicted molar refractivity (Wildman–Crippen MR) is 45.7 cm³/mol. The number of hydrogen-bond donors (Lipinski definition) is 1. The molecule has 1 aromatic rings. The lowest BCUT2D eigenvalue weighted by molar-refractivity contribution is -0.385. The van der Waals surface area contributed by atoms with Gasteiger partial charge in [0.25, 0.3) is 5.69 Å². The molecule has 5 heteroatoms. The lowest BCUT2D eigenvalue weighted by Crippen LogP contribution is -2.07. The Bertz CT molecular complexity index is 339. The van der Waals surface area contributed by atoms with E-state index in [1.807, 2.05) is 0 Å². The van der Waals surface area contributed by atoms with Crippen LogP contribution < -0.4 is 5.73 Å². The third-order valence-corrected chi connectivity index (χ3v) is 1.68. The average Bonchev–Trinajstić information content (AvgIpc) is 2.04. The molecule has 70 valence electrons. The standard InChI is InChI=1S/C8H9FN2O2/c1-5(10)7-4-6(11(12)13)2-3-8(7)9/h2-5H,10H2,1H3. The first-order chi connectivity index (χ1) is 6.02. The van der Waals surface area contributed by atoms with Gasteiger partial charge in [0.15, 0.2) is 0 Å². The van der Waals surface area contributed by atoms with Crippen LogP contribution in [0.2, 0.25) is 0 Å². The Morgan fingerprint density at radius 3 is 2.69 bits per heavy atom. The number of nitrogens with zero attached hydrogens (tertiary/aromatic N) is 1. The zero-order valence-electron chi connectivity index (χ0n) is 7.03. The quantitative estimate of drug-likeness (QED) is 0.562. The van der Waals surface area contributed by atoms with Gasteiger partial charge in [-0.25, -0.2) is 4.39 Å². The summed E-state index contributed by atoms with van der Waals surface area (Å²) in [6.45, 7) is 1.57. The number of nitrogens with two attached hydrogens (primary N) is 1. The Morgan fingerprint density at radius 2 is 2.23 bits per heavy atom. The SMILES string of the molecule is CC(N)c1cc([N+](=O)[O-])ccc1F. The molecule has 0 aliphatic rings. The molecule has 0 spiro atoms. The van der Waals surface area contributed by atoms with Crippen LogP contribution in [0.3, 0.4) is 0 Å². The van der Waals surface area contributed by atoms with E-state index in [-0.39, 0.29) is 11.3 Å². The number of nitro benzene ring substituents is 1. The van der Waals surface area contributed by atoms with Gasteiger partial charge in [-0.3, -0.25) is 10.1 Å². The van der Waals surface area contributed by atoms with Crippen molar-refractivity contribution >= 4 is 5.69 Å². The van der Waals surface area contributed by atoms with E-state index in [9.17, 15) is 14.5 Å². The fraction of sp³-hybridized carbons (Fsp3) is 0.250. The van der Waals surface area contributed by atoms with Crippen LogP contribution in [0.1, 0.15) is 18.5 Å². The highest BCUT2D eigenvalue weighted by atomic mass is 19.1. The number of benzene rings is 1. The van der Waals surface area contributed by atoms with Crippen LogP contribution in [0, 0.1) is 15.9 Å². The van der Waals surface area contributed by atoms with Crippen LogP contribution in [-0.2, 0) is 0 Å². The number of non-ortho nitro benzene ring substituents is 1. The molecule has 2 N–H and O–H groups in total. The zero-order chi connectivity index (χ0) is 10.0. The van der Waals surface area contributed by atoms with E-state index in [1.54, 1.807) is 6.92 Å².